The van der Waals surface area contributed by atoms with Gasteiger partial charge in [0.05, 0.1) is 42.5 Å². The number of benzene rings is 2. The summed E-state index contributed by atoms with van der Waals surface area (Å²) in [4.78, 5) is 20.8. The van der Waals surface area contributed by atoms with E-state index in [0.29, 0.717) is 49.0 Å². The topological polar surface area (TPSA) is 97.8 Å². The Morgan fingerprint density at radius 2 is 2.02 bits per heavy atom. The molecule has 3 atom stereocenters. The highest BCUT2D eigenvalue weighted by Gasteiger charge is 2.43. The van der Waals surface area contributed by atoms with Crippen molar-refractivity contribution in [3.63, 3.8) is 0 Å². The first-order chi connectivity index (χ1) is 20.2. The van der Waals surface area contributed by atoms with Crippen LogP contribution in [0.1, 0.15) is 52.4 Å². The Kier molecular flexibility index (Phi) is 7.24. The number of amides is 1. The number of nitrogens with one attached hydrogen (secondary N) is 1. The summed E-state index contributed by atoms with van der Waals surface area (Å²) in [6.07, 6.45) is 5.07. The molecule has 2 aliphatic carbocycles. The number of aryl methyl sites for hydroxylation is 2. The first-order valence-corrected chi connectivity index (χ1v) is 17.3. The average molecular weight is 628 g/mol. The molecule has 0 saturated heterocycles. The monoisotopic (exact) mass is 627 g/mol. The number of fused-ring (bicyclic) bond motifs is 6. The lowest BCUT2D eigenvalue weighted by atomic mass is 9.69. The Labute approximate surface area is 255 Å². The third-order valence-corrected chi connectivity index (χ3v) is 12.0. The molecule has 1 fully saturated rings. The number of halogens is 1. The molecule has 1 amide bonds. The van der Waals surface area contributed by atoms with Crippen LogP contribution in [-0.4, -0.2) is 45.6 Å². The largest absolute Gasteiger partial charge is 0.490 e. The van der Waals surface area contributed by atoms with Crippen LogP contribution >= 0.6 is 22.9 Å². The SMILES string of the molecule is Cc1sc2nc1COC[C@@H]1CC[C@H]1CN1C[C@@]3(CCCc4cc(Cl)ccc43)COc3ccc(cc31)S(=O)(=O)NC(=O)C2. The summed E-state index contributed by atoms with van der Waals surface area (Å²) in [7, 11) is -4.11. The average Bonchev–Trinajstić information content (AvgIpc) is 3.20. The van der Waals surface area contributed by atoms with Crippen molar-refractivity contribution < 1.29 is 22.7 Å². The summed E-state index contributed by atoms with van der Waals surface area (Å²) in [5.74, 6) is 0.867. The van der Waals surface area contributed by atoms with Crippen LogP contribution in [-0.2, 0) is 44.4 Å². The summed E-state index contributed by atoms with van der Waals surface area (Å²) in [6.45, 7) is 4.96. The number of hydrogen-bond donors (Lipinski definition) is 1. The molecule has 0 radical (unpaired) electrons. The molecule has 3 aromatic rings. The Hall–Kier alpha value is -2.66. The van der Waals surface area contributed by atoms with Crippen molar-refractivity contribution >= 4 is 44.6 Å². The number of anilines is 1. The molecule has 42 heavy (non-hydrogen) atoms. The van der Waals surface area contributed by atoms with Crippen LogP contribution in [0.5, 0.6) is 5.75 Å². The first-order valence-electron chi connectivity index (χ1n) is 14.6. The molecule has 7 rings (SSSR count). The Morgan fingerprint density at radius 3 is 2.86 bits per heavy atom. The predicted octanol–water partition coefficient (Wildman–Crippen LogP) is 5.18. The van der Waals surface area contributed by atoms with Crippen LogP contribution < -0.4 is 14.4 Å². The number of carbonyl (C=O) groups excluding carboxylic acids is 1. The zero-order valence-corrected chi connectivity index (χ0v) is 25.9. The minimum atomic E-state index is -4.11. The van der Waals surface area contributed by atoms with Crippen LogP contribution in [0.15, 0.2) is 41.3 Å². The van der Waals surface area contributed by atoms with Crippen LogP contribution in [0.25, 0.3) is 0 Å². The van der Waals surface area contributed by atoms with Gasteiger partial charge >= 0.3 is 0 Å². The van der Waals surface area contributed by atoms with E-state index >= 15 is 0 Å². The maximum Gasteiger partial charge on any atom is 0.264 e. The predicted molar refractivity (Wildman–Crippen MR) is 162 cm³/mol. The van der Waals surface area contributed by atoms with Crippen molar-refractivity contribution in [3.05, 3.63) is 68.1 Å². The molecule has 2 aliphatic heterocycles. The van der Waals surface area contributed by atoms with Crippen molar-refractivity contribution in [3.8, 4) is 5.75 Å². The molecule has 222 valence electrons. The van der Waals surface area contributed by atoms with Gasteiger partial charge in [0.15, 0.2) is 0 Å². The summed E-state index contributed by atoms with van der Waals surface area (Å²) in [5.41, 5.74) is 3.83. The first kappa shape index (κ1) is 28.1. The molecular formula is C31H34ClN3O5S2. The third kappa shape index (κ3) is 5.20. The lowest BCUT2D eigenvalue weighted by Crippen LogP contribution is -2.48. The van der Waals surface area contributed by atoms with E-state index < -0.39 is 15.9 Å². The van der Waals surface area contributed by atoms with Gasteiger partial charge in [-0.1, -0.05) is 17.7 Å². The molecule has 1 N–H and O–H groups in total. The van der Waals surface area contributed by atoms with Gasteiger partial charge in [-0.15, -0.1) is 11.3 Å². The maximum absolute atomic E-state index is 13.4. The fourth-order valence-corrected chi connectivity index (χ4v) is 9.16. The number of rotatable bonds is 0. The number of aromatic nitrogens is 1. The Balaban J connectivity index is 1.28. The molecule has 2 aromatic carbocycles. The van der Waals surface area contributed by atoms with Crippen LogP contribution in [0.2, 0.25) is 5.02 Å². The Bertz CT molecular complexity index is 1660. The molecule has 3 heterocycles. The third-order valence-electron chi connectivity index (χ3n) is 9.42. The fourth-order valence-electron chi connectivity index (χ4n) is 7.03. The number of ether oxygens (including phenoxy) is 2. The van der Waals surface area contributed by atoms with E-state index in [1.54, 1.807) is 12.1 Å². The second-order valence-electron chi connectivity index (χ2n) is 12.2. The van der Waals surface area contributed by atoms with Gasteiger partial charge in [-0.05, 0) is 92.3 Å². The zero-order valence-electron chi connectivity index (χ0n) is 23.5. The molecule has 1 aromatic heterocycles. The second-order valence-corrected chi connectivity index (χ2v) is 15.6. The maximum atomic E-state index is 13.4. The minimum Gasteiger partial charge on any atom is -0.490 e. The number of nitrogens with zero attached hydrogens (tertiary/aromatic N) is 2. The number of carbonyl (C=O) groups is 1. The fraction of sp³-hybridized carbons (Fsp3) is 0.484. The highest BCUT2D eigenvalue weighted by molar-refractivity contribution is 7.90. The van der Waals surface area contributed by atoms with E-state index in [-0.39, 0.29) is 16.7 Å². The van der Waals surface area contributed by atoms with Gasteiger partial charge in [0.25, 0.3) is 10.0 Å². The molecule has 1 saturated carbocycles. The smallest absolute Gasteiger partial charge is 0.264 e. The second kappa shape index (κ2) is 10.8. The lowest BCUT2D eigenvalue weighted by Gasteiger charge is -2.44. The summed E-state index contributed by atoms with van der Waals surface area (Å²) in [5, 5.41) is 1.31. The number of thiazole rings is 1. The van der Waals surface area contributed by atoms with Crippen molar-refractivity contribution in [1.82, 2.24) is 9.71 Å². The summed E-state index contributed by atoms with van der Waals surface area (Å²) >= 11 is 7.79. The summed E-state index contributed by atoms with van der Waals surface area (Å²) in [6, 6.07) is 11.1. The van der Waals surface area contributed by atoms with E-state index in [1.165, 1.54) is 28.5 Å². The quantitative estimate of drug-likeness (QED) is 0.367. The van der Waals surface area contributed by atoms with Crippen molar-refractivity contribution in [2.24, 2.45) is 11.8 Å². The summed E-state index contributed by atoms with van der Waals surface area (Å²) < 4.78 is 41.8. The van der Waals surface area contributed by atoms with Gasteiger partial charge in [0.2, 0.25) is 5.91 Å². The number of sulfonamides is 1. The number of hydrogen-bond acceptors (Lipinski definition) is 8. The normalized spacial score (nSPS) is 27.0. The van der Waals surface area contributed by atoms with Crippen molar-refractivity contribution in [2.45, 2.75) is 62.4 Å². The van der Waals surface area contributed by atoms with Crippen molar-refractivity contribution in [1.29, 1.82) is 0 Å². The van der Waals surface area contributed by atoms with Gasteiger partial charge in [-0.25, -0.2) is 18.1 Å². The van der Waals surface area contributed by atoms with E-state index in [9.17, 15) is 13.2 Å². The molecule has 1 spiro atoms. The van der Waals surface area contributed by atoms with Gasteiger partial charge in [0.1, 0.15) is 10.8 Å². The highest BCUT2D eigenvalue weighted by Crippen LogP contribution is 2.46. The molecule has 8 nitrogen and oxygen atoms in total. The van der Waals surface area contributed by atoms with Crippen LogP contribution in [0, 0.1) is 18.8 Å². The van der Waals surface area contributed by atoms with Gasteiger partial charge in [-0.2, -0.15) is 0 Å². The molecular weight excluding hydrogens is 594 g/mol. The lowest BCUT2D eigenvalue weighted by molar-refractivity contribution is -0.118. The molecule has 4 bridgehead atoms. The van der Waals surface area contributed by atoms with E-state index in [4.69, 9.17) is 21.1 Å². The minimum absolute atomic E-state index is 0.0452. The van der Waals surface area contributed by atoms with Gasteiger partial charge in [0, 0.05) is 28.4 Å². The Morgan fingerprint density at radius 1 is 1.17 bits per heavy atom. The van der Waals surface area contributed by atoms with Gasteiger partial charge < -0.3 is 14.4 Å². The van der Waals surface area contributed by atoms with E-state index in [2.05, 4.69) is 26.7 Å². The molecule has 4 aliphatic rings. The van der Waals surface area contributed by atoms with Crippen LogP contribution in [0.4, 0.5) is 5.69 Å². The van der Waals surface area contributed by atoms with E-state index in [1.807, 2.05) is 13.0 Å². The standard InChI is InChI=1S/C31H34ClN3O5S2/c1-19-26-16-39-15-22-5-4-21(22)14-35-17-31(10-2-3-20-11-23(32)6-8-25(20)31)18-40-28-9-7-24(12-27(28)35)42(37,38)34-29(36)13-30(33-26)41-19/h6-9,11-12,21-22H,2-5,10,13-18H2,1H3,(H,34,36)/t21-,22-,31-/m0/s1. The van der Waals surface area contributed by atoms with Gasteiger partial charge in [-0.3, -0.25) is 4.79 Å². The molecule has 0 unspecified atom stereocenters. The molecule has 11 heteroatoms. The zero-order chi connectivity index (χ0) is 29.1. The van der Waals surface area contributed by atoms with Crippen molar-refractivity contribution in [2.75, 3.05) is 31.2 Å². The van der Waals surface area contributed by atoms with Crippen LogP contribution in [0.3, 0.4) is 0 Å². The highest BCUT2D eigenvalue weighted by atomic mass is 35.5. The van der Waals surface area contributed by atoms with E-state index in [0.717, 1.165) is 59.9 Å².